The fourth-order valence-corrected chi connectivity index (χ4v) is 1.66. The predicted octanol–water partition coefficient (Wildman–Crippen LogP) is 3.24. The number of Topliss-reactive ketones (excluding diaryl/α,β-unsaturated/α-hetero) is 1. The molecule has 1 rings (SSSR count). The zero-order valence-corrected chi connectivity index (χ0v) is 11.2. The lowest BCUT2D eigenvalue weighted by molar-refractivity contribution is -0.118. The zero-order chi connectivity index (χ0) is 13.6. The number of hydrogen-bond donors (Lipinski definition) is 0. The predicted molar refractivity (Wildman–Crippen MR) is 70.5 cm³/mol. The molecular weight excluding hydrogens is 226 g/mol. The molecule has 0 unspecified atom stereocenters. The van der Waals surface area contributed by atoms with Gasteiger partial charge in [-0.25, -0.2) is 0 Å². The second-order valence-electron chi connectivity index (χ2n) is 5.22. The third-order valence-corrected chi connectivity index (χ3v) is 2.61. The first kappa shape index (κ1) is 14.2. The molecule has 0 amide bonds. The number of para-hydroxylation sites is 1. The molecule has 0 heterocycles. The van der Waals surface area contributed by atoms with Crippen LogP contribution in [0.3, 0.4) is 0 Å². The van der Waals surface area contributed by atoms with Gasteiger partial charge in [-0.3, -0.25) is 4.79 Å². The number of nitrogens with zero attached hydrogens (tertiary/aromatic N) is 1. The summed E-state index contributed by atoms with van der Waals surface area (Å²) >= 11 is 0. The smallest absolute Gasteiger partial charge is 0.150 e. The lowest BCUT2D eigenvalue weighted by Crippen LogP contribution is -2.14. The third-order valence-electron chi connectivity index (χ3n) is 2.61. The van der Waals surface area contributed by atoms with Crippen LogP contribution in [0.2, 0.25) is 0 Å². The maximum Gasteiger partial charge on any atom is 0.150 e. The Morgan fingerprint density at radius 2 is 2.00 bits per heavy atom. The molecule has 0 saturated heterocycles. The summed E-state index contributed by atoms with van der Waals surface area (Å²) in [4.78, 5) is 11.2. The van der Waals surface area contributed by atoms with Gasteiger partial charge in [-0.1, -0.05) is 39.0 Å². The van der Waals surface area contributed by atoms with Crippen LogP contribution in [-0.4, -0.2) is 12.4 Å². The first-order chi connectivity index (χ1) is 8.45. The molecule has 0 spiro atoms. The van der Waals surface area contributed by atoms with E-state index in [1.807, 2.05) is 30.3 Å². The summed E-state index contributed by atoms with van der Waals surface area (Å²) in [6, 6.07) is 9.69. The third kappa shape index (κ3) is 4.21. The van der Waals surface area contributed by atoms with Crippen molar-refractivity contribution in [2.45, 2.75) is 39.0 Å². The van der Waals surface area contributed by atoms with Gasteiger partial charge in [0.1, 0.15) is 11.5 Å². The minimum atomic E-state index is -0.0780. The van der Waals surface area contributed by atoms with E-state index in [0.717, 1.165) is 11.3 Å². The second kappa shape index (κ2) is 6.20. The number of hydrogen-bond acceptors (Lipinski definition) is 3. The van der Waals surface area contributed by atoms with Crippen molar-refractivity contribution in [2.75, 3.05) is 6.61 Å². The van der Waals surface area contributed by atoms with E-state index in [1.54, 1.807) is 0 Å². The maximum atomic E-state index is 11.2. The number of nitriles is 1. The molecule has 0 atom stereocenters. The summed E-state index contributed by atoms with van der Waals surface area (Å²) in [5.74, 6) is 0.737. The van der Waals surface area contributed by atoms with E-state index in [2.05, 4.69) is 20.8 Å². The van der Waals surface area contributed by atoms with Crippen molar-refractivity contribution in [2.24, 2.45) is 0 Å². The molecule has 0 N–H and O–H groups in total. The molecule has 0 fully saturated rings. The molecule has 18 heavy (non-hydrogen) atoms. The summed E-state index contributed by atoms with van der Waals surface area (Å²) in [5.41, 5.74) is 1.13. The van der Waals surface area contributed by atoms with E-state index >= 15 is 0 Å². The number of ketones is 1. The van der Waals surface area contributed by atoms with Crippen molar-refractivity contribution in [1.82, 2.24) is 0 Å². The molecule has 0 aliphatic heterocycles. The molecule has 0 aliphatic carbocycles. The molecule has 0 saturated carbocycles. The van der Waals surface area contributed by atoms with Crippen LogP contribution in [0, 0.1) is 11.3 Å². The van der Waals surface area contributed by atoms with Crippen LogP contribution in [0.25, 0.3) is 0 Å². The number of rotatable bonds is 5. The number of carbonyl (C=O) groups excluding carboxylic acids is 1. The van der Waals surface area contributed by atoms with E-state index in [-0.39, 0.29) is 24.0 Å². The van der Waals surface area contributed by atoms with Gasteiger partial charge in [0, 0.05) is 6.42 Å². The van der Waals surface area contributed by atoms with E-state index in [4.69, 9.17) is 10.00 Å². The van der Waals surface area contributed by atoms with Crippen molar-refractivity contribution >= 4 is 5.78 Å². The van der Waals surface area contributed by atoms with Crippen LogP contribution in [0.1, 0.15) is 39.2 Å². The quantitative estimate of drug-likeness (QED) is 0.800. The topological polar surface area (TPSA) is 50.1 Å². The lowest BCUT2D eigenvalue weighted by Gasteiger charge is -2.22. The molecule has 96 valence electrons. The maximum absolute atomic E-state index is 11.2. The number of benzene rings is 1. The zero-order valence-electron chi connectivity index (χ0n) is 11.2. The first-order valence-electron chi connectivity index (χ1n) is 6.06. The highest BCUT2D eigenvalue weighted by Crippen LogP contribution is 2.30. The van der Waals surface area contributed by atoms with Gasteiger partial charge in [-0.15, -0.1) is 0 Å². The molecule has 3 nitrogen and oxygen atoms in total. The molecular formula is C15H19NO2. The lowest BCUT2D eigenvalue weighted by atomic mass is 9.86. The Morgan fingerprint density at radius 3 is 2.61 bits per heavy atom. The van der Waals surface area contributed by atoms with Crippen molar-refractivity contribution < 1.29 is 9.53 Å². The first-order valence-corrected chi connectivity index (χ1v) is 6.06. The average molecular weight is 245 g/mol. The van der Waals surface area contributed by atoms with Crippen LogP contribution in [-0.2, 0) is 10.2 Å². The Hall–Kier alpha value is -1.82. The molecule has 1 aromatic rings. The van der Waals surface area contributed by atoms with Gasteiger partial charge in [-0.05, 0) is 17.0 Å². The largest absolute Gasteiger partial charge is 0.493 e. The van der Waals surface area contributed by atoms with E-state index in [1.165, 1.54) is 0 Å². The number of carbonyl (C=O) groups is 1. The molecule has 1 aromatic carbocycles. The monoisotopic (exact) mass is 245 g/mol. The van der Waals surface area contributed by atoms with Crippen molar-refractivity contribution in [3.05, 3.63) is 29.8 Å². The minimum Gasteiger partial charge on any atom is -0.493 e. The molecule has 0 aromatic heterocycles. The van der Waals surface area contributed by atoms with Crippen molar-refractivity contribution in [3.8, 4) is 11.8 Å². The standard InChI is InChI=1S/C15H19NO2/c1-15(2,3)13-6-4-5-7-14(13)18-11-9-12(17)8-10-16/h4-7H,8-9,11H2,1-3H3. The van der Waals surface area contributed by atoms with Gasteiger partial charge < -0.3 is 4.74 Å². The Labute approximate surface area is 108 Å². The molecule has 0 aliphatic rings. The normalized spacial score (nSPS) is 10.8. The average Bonchev–Trinajstić information content (AvgIpc) is 2.28. The Kier molecular flexibility index (Phi) is 4.91. The van der Waals surface area contributed by atoms with Gasteiger partial charge in [0.25, 0.3) is 0 Å². The highest BCUT2D eigenvalue weighted by molar-refractivity contribution is 5.80. The van der Waals surface area contributed by atoms with Crippen molar-refractivity contribution in [1.29, 1.82) is 5.26 Å². The summed E-state index contributed by atoms with van der Waals surface area (Å²) in [5, 5.41) is 8.39. The van der Waals surface area contributed by atoms with Gasteiger partial charge in [0.15, 0.2) is 0 Å². The SMILES string of the molecule is CC(C)(C)c1ccccc1OCCC(=O)CC#N. The fraction of sp³-hybridized carbons (Fsp3) is 0.467. The summed E-state index contributed by atoms with van der Waals surface area (Å²) in [6.45, 7) is 6.69. The summed E-state index contributed by atoms with van der Waals surface area (Å²) in [6.07, 6.45) is 0.246. The van der Waals surface area contributed by atoms with E-state index in [9.17, 15) is 4.79 Å². The van der Waals surface area contributed by atoms with E-state index in [0.29, 0.717) is 6.61 Å². The van der Waals surface area contributed by atoms with Crippen LogP contribution in [0.5, 0.6) is 5.75 Å². The fourth-order valence-electron chi connectivity index (χ4n) is 1.66. The van der Waals surface area contributed by atoms with Gasteiger partial charge in [0.2, 0.25) is 0 Å². The molecule has 0 radical (unpaired) electrons. The summed E-state index contributed by atoms with van der Waals surface area (Å²) in [7, 11) is 0. The Morgan fingerprint density at radius 1 is 1.33 bits per heavy atom. The van der Waals surface area contributed by atoms with E-state index < -0.39 is 0 Å². The summed E-state index contributed by atoms with van der Waals surface area (Å²) < 4.78 is 5.65. The van der Waals surface area contributed by atoms with Crippen LogP contribution < -0.4 is 4.74 Å². The van der Waals surface area contributed by atoms with Gasteiger partial charge in [-0.2, -0.15) is 5.26 Å². The Balaban J connectivity index is 2.63. The molecule has 3 heteroatoms. The van der Waals surface area contributed by atoms with Gasteiger partial charge >= 0.3 is 0 Å². The number of ether oxygens (including phenoxy) is 1. The second-order valence-corrected chi connectivity index (χ2v) is 5.22. The molecule has 0 bridgehead atoms. The minimum absolute atomic E-state index is 0.00720. The van der Waals surface area contributed by atoms with Crippen molar-refractivity contribution in [3.63, 3.8) is 0 Å². The van der Waals surface area contributed by atoms with Crippen LogP contribution in [0.15, 0.2) is 24.3 Å². The highest BCUT2D eigenvalue weighted by Gasteiger charge is 2.18. The van der Waals surface area contributed by atoms with Crippen LogP contribution in [0.4, 0.5) is 0 Å². The Bertz CT molecular complexity index is 452. The highest BCUT2D eigenvalue weighted by atomic mass is 16.5. The van der Waals surface area contributed by atoms with Crippen LogP contribution >= 0.6 is 0 Å². The van der Waals surface area contributed by atoms with Gasteiger partial charge in [0.05, 0.1) is 19.1 Å².